The normalized spacial score (nSPS) is 9.11. The molecule has 0 aliphatic heterocycles. The lowest BCUT2D eigenvalue weighted by Gasteiger charge is -2.14. The Kier molecular flexibility index (Phi) is 3.84. The predicted octanol–water partition coefficient (Wildman–Crippen LogP) is 1.40. The first-order valence-corrected chi connectivity index (χ1v) is 3.20. The van der Waals surface area contributed by atoms with Crippen LogP contribution in [0.2, 0.25) is 0 Å². The van der Waals surface area contributed by atoms with Crippen LogP contribution in [0.3, 0.4) is 0 Å². The zero-order valence-corrected chi connectivity index (χ0v) is 5.92. The van der Waals surface area contributed by atoms with Crippen molar-refractivity contribution in [3.8, 4) is 0 Å². The van der Waals surface area contributed by atoms with Crippen molar-refractivity contribution in [1.29, 1.82) is 0 Å². The lowest BCUT2D eigenvalue weighted by atomic mass is 10.4. The minimum absolute atomic E-state index is 0.586. The Balaban J connectivity index is 3.54. The maximum atomic E-state index is 10.2. The van der Waals surface area contributed by atoms with E-state index in [4.69, 9.17) is 5.11 Å². The molecule has 0 saturated carbocycles. The molecule has 0 aliphatic carbocycles. The summed E-state index contributed by atoms with van der Waals surface area (Å²) in [7, 11) is 0. The van der Waals surface area contributed by atoms with Gasteiger partial charge in [-0.05, 0) is 13.3 Å². The van der Waals surface area contributed by atoms with Gasteiger partial charge in [-0.2, -0.15) is 0 Å². The van der Waals surface area contributed by atoms with Gasteiger partial charge in [0.1, 0.15) is 0 Å². The third-order valence-corrected chi connectivity index (χ3v) is 1.15. The van der Waals surface area contributed by atoms with E-state index in [1.165, 1.54) is 4.90 Å². The fourth-order valence-electron chi connectivity index (χ4n) is 0.659. The molecule has 0 fully saturated rings. The smallest absolute Gasteiger partial charge is 0.407 e. The Morgan fingerprint density at radius 2 is 2.11 bits per heavy atom. The van der Waals surface area contributed by atoms with Gasteiger partial charge in [0, 0.05) is 13.1 Å². The van der Waals surface area contributed by atoms with Gasteiger partial charge in [0.15, 0.2) is 0 Å². The van der Waals surface area contributed by atoms with Gasteiger partial charge in [-0.1, -0.05) is 6.92 Å². The number of nitrogens with zero attached hydrogens (tertiary/aromatic N) is 1. The minimum atomic E-state index is -0.820. The fraction of sp³-hybridized carbons (Fsp3) is 0.833. The van der Waals surface area contributed by atoms with Crippen molar-refractivity contribution in [2.24, 2.45) is 0 Å². The molecule has 0 rings (SSSR count). The quantitative estimate of drug-likeness (QED) is 0.628. The molecule has 1 N–H and O–H groups in total. The summed E-state index contributed by atoms with van der Waals surface area (Å²) in [5.74, 6) is 0. The molecule has 0 heterocycles. The minimum Gasteiger partial charge on any atom is -0.465 e. The molecular weight excluding hydrogens is 118 g/mol. The van der Waals surface area contributed by atoms with Crippen molar-refractivity contribution in [2.45, 2.75) is 20.3 Å². The number of hydrogen-bond donors (Lipinski definition) is 1. The molecule has 1 amide bonds. The number of rotatable bonds is 3. The van der Waals surface area contributed by atoms with Crippen molar-refractivity contribution in [1.82, 2.24) is 4.90 Å². The van der Waals surface area contributed by atoms with Gasteiger partial charge in [0.05, 0.1) is 0 Å². The molecule has 0 unspecified atom stereocenters. The lowest BCUT2D eigenvalue weighted by molar-refractivity contribution is 0.148. The van der Waals surface area contributed by atoms with E-state index >= 15 is 0 Å². The summed E-state index contributed by atoms with van der Waals surface area (Å²) in [5, 5.41) is 8.43. The van der Waals surface area contributed by atoms with Crippen LogP contribution in [0.15, 0.2) is 0 Å². The Morgan fingerprint density at radius 1 is 1.56 bits per heavy atom. The van der Waals surface area contributed by atoms with E-state index in [0.29, 0.717) is 13.1 Å². The van der Waals surface area contributed by atoms with E-state index in [1.54, 1.807) is 0 Å². The van der Waals surface area contributed by atoms with Crippen LogP contribution in [0.25, 0.3) is 0 Å². The molecule has 0 aromatic heterocycles. The number of carbonyl (C=O) groups is 1. The highest BCUT2D eigenvalue weighted by atomic mass is 16.4. The molecule has 0 aromatic rings. The van der Waals surface area contributed by atoms with Crippen molar-refractivity contribution in [2.75, 3.05) is 13.1 Å². The van der Waals surface area contributed by atoms with E-state index < -0.39 is 6.09 Å². The Bertz CT molecular complexity index is 93.1. The van der Waals surface area contributed by atoms with Gasteiger partial charge in [0.25, 0.3) is 0 Å². The summed E-state index contributed by atoms with van der Waals surface area (Å²) < 4.78 is 0. The van der Waals surface area contributed by atoms with Gasteiger partial charge in [-0.15, -0.1) is 0 Å². The zero-order chi connectivity index (χ0) is 7.28. The van der Waals surface area contributed by atoms with Crippen LogP contribution in [0, 0.1) is 0 Å². The molecular formula is C6H13NO2. The van der Waals surface area contributed by atoms with Gasteiger partial charge >= 0.3 is 6.09 Å². The summed E-state index contributed by atoms with van der Waals surface area (Å²) in [6.07, 6.45) is 0.0690. The molecule has 0 aromatic carbocycles. The van der Waals surface area contributed by atoms with Gasteiger partial charge < -0.3 is 10.0 Å². The molecule has 54 valence electrons. The van der Waals surface area contributed by atoms with Crippen molar-refractivity contribution >= 4 is 6.09 Å². The molecule has 9 heavy (non-hydrogen) atoms. The van der Waals surface area contributed by atoms with E-state index in [-0.39, 0.29) is 0 Å². The highest BCUT2D eigenvalue weighted by Gasteiger charge is 2.05. The SMILES string of the molecule is CCCN(CC)C(=O)O. The van der Waals surface area contributed by atoms with Crippen LogP contribution < -0.4 is 0 Å². The molecule has 3 heteroatoms. The first kappa shape index (κ1) is 8.27. The second-order valence-corrected chi connectivity index (χ2v) is 1.86. The molecule has 0 radical (unpaired) electrons. The highest BCUT2D eigenvalue weighted by molar-refractivity contribution is 5.64. The monoisotopic (exact) mass is 131 g/mol. The molecule has 0 spiro atoms. The predicted molar refractivity (Wildman–Crippen MR) is 35.6 cm³/mol. The lowest BCUT2D eigenvalue weighted by Crippen LogP contribution is -2.29. The molecule has 0 atom stereocenters. The van der Waals surface area contributed by atoms with Crippen molar-refractivity contribution < 1.29 is 9.90 Å². The summed E-state index contributed by atoms with van der Waals surface area (Å²) >= 11 is 0. The van der Waals surface area contributed by atoms with Gasteiger partial charge in [-0.25, -0.2) is 4.79 Å². The molecule has 3 nitrogen and oxygen atoms in total. The van der Waals surface area contributed by atoms with Gasteiger partial charge in [0.2, 0.25) is 0 Å². The number of carboxylic acid groups (broad SMARTS) is 1. The Labute approximate surface area is 55.3 Å². The summed E-state index contributed by atoms with van der Waals surface area (Å²) in [4.78, 5) is 11.6. The zero-order valence-electron chi connectivity index (χ0n) is 5.92. The Hall–Kier alpha value is -0.730. The first-order chi connectivity index (χ1) is 4.22. The standard InChI is InChI=1S/C6H13NO2/c1-3-5-7(4-2)6(8)9/h3-5H2,1-2H3,(H,8,9). The highest BCUT2D eigenvalue weighted by Crippen LogP contribution is 1.89. The van der Waals surface area contributed by atoms with E-state index in [9.17, 15) is 4.79 Å². The number of amides is 1. The Morgan fingerprint density at radius 3 is 2.22 bits per heavy atom. The second kappa shape index (κ2) is 4.18. The largest absolute Gasteiger partial charge is 0.465 e. The maximum Gasteiger partial charge on any atom is 0.407 e. The maximum absolute atomic E-state index is 10.2. The van der Waals surface area contributed by atoms with E-state index in [0.717, 1.165) is 6.42 Å². The van der Waals surface area contributed by atoms with E-state index in [2.05, 4.69) is 0 Å². The molecule has 0 bridgehead atoms. The topological polar surface area (TPSA) is 40.5 Å². The number of hydrogen-bond acceptors (Lipinski definition) is 1. The van der Waals surface area contributed by atoms with Crippen molar-refractivity contribution in [3.05, 3.63) is 0 Å². The van der Waals surface area contributed by atoms with Crippen LogP contribution in [-0.4, -0.2) is 29.2 Å². The third kappa shape index (κ3) is 2.95. The summed E-state index contributed by atoms with van der Waals surface area (Å²) in [6, 6.07) is 0. The summed E-state index contributed by atoms with van der Waals surface area (Å²) in [5.41, 5.74) is 0. The second-order valence-electron chi connectivity index (χ2n) is 1.86. The van der Waals surface area contributed by atoms with Crippen LogP contribution >= 0.6 is 0 Å². The first-order valence-electron chi connectivity index (χ1n) is 3.20. The average Bonchev–Trinajstić information content (AvgIpc) is 1.82. The third-order valence-electron chi connectivity index (χ3n) is 1.15. The van der Waals surface area contributed by atoms with Crippen LogP contribution in [0.5, 0.6) is 0 Å². The average molecular weight is 131 g/mol. The van der Waals surface area contributed by atoms with Crippen molar-refractivity contribution in [3.63, 3.8) is 0 Å². The van der Waals surface area contributed by atoms with Crippen LogP contribution in [0.1, 0.15) is 20.3 Å². The molecule has 0 saturated heterocycles. The van der Waals surface area contributed by atoms with E-state index in [1.807, 2.05) is 13.8 Å². The molecule has 0 aliphatic rings. The van der Waals surface area contributed by atoms with Crippen LogP contribution in [0.4, 0.5) is 4.79 Å². The summed E-state index contributed by atoms with van der Waals surface area (Å²) in [6.45, 7) is 5.03. The van der Waals surface area contributed by atoms with Crippen LogP contribution in [-0.2, 0) is 0 Å². The fourth-order valence-corrected chi connectivity index (χ4v) is 0.659. The van der Waals surface area contributed by atoms with Gasteiger partial charge in [-0.3, -0.25) is 0 Å².